The van der Waals surface area contributed by atoms with E-state index in [0.717, 1.165) is 19.6 Å². The van der Waals surface area contributed by atoms with Crippen molar-refractivity contribution in [2.45, 2.75) is 64.3 Å². The topological polar surface area (TPSA) is 69.2 Å². The molecule has 2 fully saturated rings. The van der Waals surface area contributed by atoms with E-state index in [1.54, 1.807) is 0 Å². The minimum Gasteiger partial charge on any atom is -0.363 e. The third-order valence-corrected chi connectivity index (χ3v) is 4.96. The third kappa shape index (κ3) is 3.23. The van der Waals surface area contributed by atoms with Gasteiger partial charge in [0.2, 0.25) is 0 Å². The van der Waals surface area contributed by atoms with Crippen LogP contribution in [0.25, 0.3) is 0 Å². The second kappa shape index (κ2) is 6.64. The van der Waals surface area contributed by atoms with Crippen LogP contribution in [0.15, 0.2) is 16.8 Å². The van der Waals surface area contributed by atoms with Crippen LogP contribution < -0.4 is 0 Å². The van der Waals surface area contributed by atoms with Gasteiger partial charge in [-0.05, 0) is 32.8 Å². The lowest BCUT2D eigenvalue weighted by Gasteiger charge is -2.35. The van der Waals surface area contributed by atoms with Crippen LogP contribution in [-0.2, 0) is 11.3 Å². The smallest absolute Gasteiger partial charge is 0.257 e. The van der Waals surface area contributed by atoms with E-state index >= 15 is 0 Å². The first-order chi connectivity index (χ1) is 11.7. The van der Waals surface area contributed by atoms with Crippen molar-refractivity contribution in [2.75, 3.05) is 13.1 Å². The fourth-order valence-corrected chi connectivity index (χ4v) is 3.92. The van der Waals surface area contributed by atoms with Crippen LogP contribution >= 0.6 is 0 Å². The first-order valence-corrected chi connectivity index (χ1v) is 8.89. The summed E-state index contributed by atoms with van der Waals surface area (Å²) in [5.41, 5.74) is 1.29. The highest BCUT2D eigenvalue weighted by Crippen LogP contribution is 2.31. The molecule has 0 bridgehead atoms. The van der Waals surface area contributed by atoms with Gasteiger partial charge in [0.1, 0.15) is 6.10 Å². The number of hydrogen-bond donors (Lipinski definition) is 0. The summed E-state index contributed by atoms with van der Waals surface area (Å²) in [5, 5.41) is 8.47. The highest BCUT2D eigenvalue weighted by Gasteiger charge is 2.31. The number of ether oxygens (including phenoxy) is 1. The molecule has 0 unspecified atom stereocenters. The Balaban J connectivity index is 1.47. The van der Waals surface area contributed by atoms with Crippen molar-refractivity contribution in [3.63, 3.8) is 0 Å². The van der Waals surface area contributed by atoms with Gasteiger partial charge in [-0.3, -0.25) is 9.58 Å². The quantitative estimate of drug-likeness (QED) is 0.858. The van der Waals surface area contributed by atoms with Gasteiger partial charge in [-0.2, -0.15) is 10.1 Å². The van der Waals surface area contributed by atoms with Crippen molar-refractivity contribution in [1.29, 1.82) is 0 Å². The van der Waals surface area contributed by atoms with Gasteiger partial charge < -0.3 is 9.26 Å². The van der Waals surface area contributed by atoms with E-state index in [2.05, 4.69) is 37.8 Å². The van der Waals surface area contributed by atoms with Gasteiger partial charge in [0.25, 0.3) is 5.89 Å². The minimum atomic E-state index is -0.155. The van der Waals surface area contributed by atoms with Crippen LogP contribution in [0.1, 0.15) is 62.2 Å². The van der Waals surface area contributed by atoms with Crippen LogP contribution in [0.3, 0.4) is 0 Å². The molecule has 2 aromatic rings. The van der Waals surface area contributed by atoms with Crippen molar-refractivity contribution in [3.8, 4) is 0 Å². The van der Waals surface area contributed by atoms with Crippen LogP contribution in [0.5, 0.6) is 0 Å². The van der Waals surface area contributed by atoms with Crippen molar-refractivity contribution in [1.82, 2.24) is 24.8 Å². The summed E-state index contributed by atoms with van der Waals surface area (Å²) < 4.78 is 13.6. The molecule has 2 atom stereocenters. The number of rotatable bonds is 4. The zero-order chi connectivity index (χ0) is 16.5. The first kappa shape index (κ1) is 15.8. The van der Waals surface area contributed by atoms with Gasteiger partial charge in [-0.1, -0.05) is 18.0 Å². The molecule has 2 aromatic heterocycles. The molecule has 1 aliphatic carbocycles. The summed E-state index contributed by atoms with van der Waals surface area (Å²) in [6.45, 7) is 6.48. The molecule has 1 saturated carbocycles. The highest BCUT2D eigenvalue weighted by atomic mass is 16.5. The van der Waals surface area contributed by atoms with Gasteiger partial charge in [-0.25, -0.2) is 0 Å². The highest BCUT2D eigenvalue weighted by molar-refractivity contribution is 5.04. The van der Waals surface area contributed by atoms with Gasteiger partial charge in [0.05, 0.1) is 17.8 Å². The molecule has 24 heavy (non-hydrogen) atoms. The molecule has 0 aromatic carbocycles. The maximum atomic E-state index is 6.00. The zero-order valence-electron chi connectivity index (χ0n) is 14.4. The van der Waals surface area contributed by atoms with Crippen molar-refractivity contribution >= 4 is 0 Å². The Bertz CT molecular complexity index is 676. The van der Waals surface area contributed by atoms with Gasteiger partial charge in [0, 0.05) is 25.8 Å². The summed E-state index contributed by atoms with van der Waals surface area (Å²) >= 11 is 0. The fourth-order valence-electron chi connectivity index (χ4n) is 3.92. The minimum absolute atomic E-state index is 0.138. The molecule has 1 saturated heterocycles. The second-order valence-electron chi connectivity index (χ2n) is 7.01. The number of aromatic nitrogens is 4. The van der Waals surface area contributed by atoms with Gasteiger partial charge in [-0.15, -0.1) is 0 Å². The number of nitrogens with zero attached hydrogens (tertiary/aromatic N) is 5. The van der Waals surface area contributed by atoms with Gasteiger partial charge in [0.15, 0.2) is 5.82 Å². The number of hydrogen-bond acceptors (Lipinski definition) is 6. The summed E-state index contributed by atoms with van der Waals surface area (Å²) in [6, 6.07) is 2.72. The Labute approximate surface area is 142 Å². The largest absolute Gasteiger partial charge is 0.363 e. The van der Waals surface area contributed by atoms with Gasteiger partial charge >= 0.3 is 0 Å². The maximum Gasteiger partial charge on any atom is 0.257 e. The summed E-state index contributed by atoms with van der Waals surface area (Å²) in [5.74, 6) is 1.23. The van der Waals surface area contributed by atoms with E-state index in [4.69, 9.17) is 9.26 Å². The molecule has 7 heteroatoms. The summed E-state index contributed by atoms with van der Waals surface area (Å²) in [6.07, 6.45) is 7.04. The predicted molar refractivity (Wildman–Crippen MR) is 87.3 cm³/mol. The Morgan fingerprint density at radius 3 is 2.83 bits per heavy atom. The van der Waals surface area contributed by atoms with Crippen molar-refractivity contribution in [2.24, 2.45) is 0 Å². The normalized spacial score (nSPS) is 26.2. The van der Waals surface area contributed by atoms with E-state index in [-0.39, 0.29) is 12.2 Å². The molecule has 2 aliphatic rings. The Morgan fingerprint density at radius 1 is 1.25 bits per heavy atom. The lowest BCUT2D eigenvalue weighted by Crippen LogP contribution is -2.42. The fraction of sp³-hybridized carbons (Fsp3) is 0.706. The molecular formula is C17H25N5O2. The molecular weight excluding hydrogens is 306 g/mol. The van der Waals surface area contributed by atoms with E-state index < -0.39 is 0 Å². The SMILES string of the molecule is Cc1noc([C@H]2CN(Cc3ccnn3C3CCCC3)C[C@@H](C)O2)n1. The Kier molecular flexibility index (Phi) is 4.37. The van der Waals surface area contributed by atoms with Crippen LogP contribution in [0.4, 0.5) is 0 Å². The molecule has 0 spiro atoms. The van der Waals surface area contributed by atoms with E-state index in [1.165, 1.54) is 31.4 Å². The maximum absolute atomic E-state index is 6.00. The molecule has 1 aliphatic heterocycles. The zero-order valence-corrected chi connectivity index (χ0v) is 14.4. The average molecular weight is 331 g/mol. The van der Waals surface area contributed by atoms with Crippen molar-refractivity contribution in [3.05, 3.63) is 29.7 Å². The molecule has 130 valence electrons. The van der Waals surface area contributed by atoms with E-state index in [9.17, 15) is 0 Å². The second-order valence-corrected chi connectivity index (χ2v) is 7.01. The molecule has 0 radical (unpaired) electrons. The molecule has 7 nitrogen and oxygen atoms in total. The van der Waals surface area contributed by atoms with Crippen LogP contribution in [-0.4, -0.2) is 44.0 Å². The number of morpholine rings is 1. The van der Waals surface area contributed by atoms with Crippen LogP contribution in [0, 0.1) is 6.92 Å². The summed E-state index contributed by atoms with van der Waals surface area (Å²) in [4.78, 5) is 6.74. The molecule has 3 heterocycles. The lowest BCUT2D eigenvalue weighted by molar-refractivity contribution is -0.0936. The molecule has 0 N–H and O–H groups in total. The van der Waals surface area contributed by atoms with Crippen LogP contribution in [0.2, 0.25) is 0 Å². The standard InChI is InChI=1S/C17H25N5O2/c1-12-9-21(11-16(23-12)17-19-13(2)20-24-17)10-15-7-8-18-22(15)14-5-3-4-6-14/h7-8,12,14,16H,3-6,9-11H2,1-2H3/t12-,16-/m1/s1. The Hall–Kier alpha value is -1.73. The summed E-state index contributed by atoms with van der Waals surface area (Å²) in [7, 11) is 0. The lowest BCUT2D eigenvalue weighted by atomic mass is 10.2. The predicted octanol–water partition coefficient (Wildman–Crippen LogP) is 2.65. The molecule has 4 rings (SSSR count). The Morgan fingerprint density at radius 2 is 2.08 bits per heavy atom. The molecule has 0 amide bonds. The van der Waals surface area contributed by atoms with E-state index in [1.807, 2.05) is 13.1 Å². The first-order valence-electron chi connectivity index (χ1n) is 8.89. The van der Waals surface area contributed by atoms with E-state index in [0.29, 0.717) is 17.8 Å². The third-order valence-electron chi connectivity index (χ3n) is 4.96. The number of aryl methyl sites for hydroxylation is 1. The van der Waals surface area contributed by atoms with Crippen molar-refractivity contribution < 1.29 is 9.26 Å². The monoisotopic (exact) mass is 331 g/mol. The average Bonchev–Trinajstić information content (AvgIpc) is 3.27.